The number of hydrogen-bond acceptors (Lipinski definition) is 5. The van der Waals surface area contributed by atoms with Crippen molar-refractivity contribution in [3.8, 4) is 0 Å². The summed E-state index contributed by atoms with van der Waals surface area (Å²) in [5.74, 6) is -0.595. The average molecular weight is 449 g/mol. The van der Waals surface area contributed by atoms with Crippen LogP contribution in [0.1, 0.15) is 21.5 Å². The van der Waals surface area contributed by atoms with Crippen LogP contribution in [0, 0.1) is 0 Å². The Kier molecular flexibility index (Phi) is 6.81. The molecular weight excluding hydrogens is 433 g/mol. The Morgan fingerprint density at radius 2 is 1.77 bits per heavy atom. The third kappa shape index (κ3) is 5.99. The fourth-order valence-electron chi connectivity index (χ4n) is 2.47. The van der Waals surface area contributed by atoms with Crippen LogP contribution in [0.4, 0.5) is 18.9 Å². The van der Waals surface area contributed by atoms with Crippen molar-refractivity contribution in [3.63, 3.8) is 0 Å². The topological polar surface area (TPSA) is 77.8 Å². The van der Waals surface area contributed by atoms with Crippen LogP contribution in [0.2, 0.25) is 5.02 Å². The summed E-state index contributed by atoms with van der Waals surface area (Å²) in [5.41, 5.74) is 5.28. The zero-order valence-electron chi connectivity index (χ0n) is 15.9. The fourth-order valence-corrected chi connectivity index (χ4v) is 2.64. The van der Waals surface area contributed by atoms with Crippen LogP contribution < -0.4 is 5.73 Å². The summed E-state index contributed by atoms with van der Waals surface area (Å²) >= 11 is 6.08. The first-order chi connectivity index (χ1) is 14.7. The lowest BCUT2D eigenvalue weighted by molar-refractivity contribution is -0.0925. The van der Waals surface area contributed by atoms with Crippen LogP contribution in [-0.4, -0.2) is 17.9 Å². The summed E-state index contributed by atoms with van der Waals surface area (Å²) < 4.78 is 49.0. The summed E-state index contributed by atoms with van der Waals surface area (Å²) in [6, 6.07) is 13.8. The normalized spacial score (nSPS) is 12.6. The Balaban J connectivity index is 1.88. The van der Waals surface area contributed by atoms with E-state index in [-0.39, 0.29) is 28.6 Å². The number of rotatable bonds is 6. The first-order valence-electron chi connectivity index (χ1n) is 8.90. The number of para-hydroxylation sites is 1. The largest absolute Gasteiger partial charge is 0.472 e. The minimum absolute atomic E-state index is 0.0289. The van der Waals surface area contributed by atoms with Gasteiger partial charge in [0.05, 0.1) is 34.5 Å². The van der Waals surface area contributed by atoms with E-state index in [2.05, 4.69) is 4.99 Å². The van der Waals surface area contributed by atoms with Crippen LogP contribution in [0.25, 0.3) is 0 Å². The van der Waals surface area contributed by atoms with E-state index in [1.807, 2.05) is 0 Å². The SMILES string of the molecule is N/C(=C\C(=Nc1ccccc1Cl)c1ccc(C(=O)OCc2ccoc2)cc1)C(F)(F)F. The number of esters is 1. The summed E-state index contributed by atoms with van der Waals surface area (Å²) in [4.78, 5) is 16.4. The highest BCUT2D eigenvalue weighted by molar-refractivity contribution is 6.33. The molecule has 0 spiro atoms. The van der Waals surface area contributed by atoms with Gasteiger partial charge in [-0.15, -0.1) is 0 Å². The van der Waals surface area contributed by atoms with E-state index >= 15 is 0 Å². The molecule has 0 fully saturated rings. The lowest BCUT2D eigenvalue weighted by Gasteiger charge is -2.10. The van der Waals surface area contributed by atoms with Gasteiger partial charge in [0.25, 0.3) is 0 Å². The number of aliphatic imine (C=N–C) groups is 1. The number of ether oxygens (including phenoxy) is 1. The van der Waals surface area contributed by atoms with E-state index in [1.165, 1.54) is 36.8 Å². The van der Waals surface area contributed by atoms with Gasteiger partial charge < -0.3 is 14.9 Å². The second-order valence-electron chi connectivity index (χ2n) is 6.33. The third-order valence-corrected chi connectivity index (χ3v) is 4.40. The Morgan fingerprint density at radius 1 is 1.10 bits per heavy atom. The number of halogens is 4. The van der Waals surface area contributed by atoms with Gasteiger partial charge in [0.2, 0.25) is 0 Å². The second kappa shape index (κ2) is 9.53. The first-order valence-corrected chi connectivity index (χ1v) is 9.28. The van der Waals surface area contributed by atoms with Gasteiger partial charge in [0.15, 0.2) is 0 Å². The maximum absolute atomic E-state index is 13.0. The van der Waals surface area contributed by atoms with E-state index in [4.69, 9.17) is 26.5 Å². The smallest absolute Gasteiger partial charge is 0.430 e. The molecule has 0 aliphatic heterocycles. The molecule has 0 atom stereocenters. The Hall–Kier alpha value is -3.52. The van der Waals surface area contributed by atoms with Crippen LogP contribution in [0.15, 0.2) is 88.3 Å². The van der Waals surface area contributed by atoms with E-state index < -0.39 is 17.8 Å². The maximum Gasteiger partial charge on any atom is 0.430 e. The predicted molar refractivity (Wildman–Crippen MR) is 110 cm³/mol. The van der Waals surface area contributed by atoms with Crippen molar-refractivity contribution in [2.24, 2.45) is 10.7 Å². The fraction of sp³-hybridized carbons (Fsp3) is 0.0909. The van der Waals surface area contributed by atoms with Crippen molar-refractivity contribution in [1.29, 1.82) is 0 Å². The number of carbonyl (C=O) groups is 1. The second-order valence-corrected chi connectivity index (χ2v) is 6.74. The molecule has 0 saturated carbocycles. The van der Waals surface area contributed by atoms with Gasteiger partial charge in [-0.1, -0.05) is 35.9 Å². The van der Waals surface area contributed by atoms with Gasteiger partial charge in [-0.25, -0.2) is 9.79 Å². The number of furan rings is 1. The minimum atomic E-state index is -4.72. The Bertz CT molecular complexity index is 1110. The molecule has 5 nitrogen and oxygen atoms in total. The molecule has 0 radical (unpaired) electrons. The summed E-state index contributed by atoms with van der Waals surface area (Å²) in [5, 5.41) is 0.262. The zero-order valence-corrected chi connectivity index (χ0v) is 16.7. The lowest BCUT2D eigenvalue weighted by atomic mass is 10.1. The molecule has 3 aromatic rings. The molecular formula is C22H16ClF3N2O3. The monoisotopic (exact) mass is 448 g/mol. The molecule has 2 N–H and O–H groups in total. The number of alkyl halides is 3. The number of nitrogens with two attached hydrogens (primary N) is 1. The van der Waals surface area contributed by atoms with Crippen LogP contribution in [0.3, 0.4) is 0 Å². The standard InChI is InChI=1S/C22H16ClF3N2O3/c23-17-3-1-2-4-18(17)28-19(11-20(27)22(24,25)26)15-5-7-16(8-6-15)21(29)31-13-14-9-10-30-12-14/h1-12H,13,27H2/b20-11-,28-19?. The molecule has 0 amide bonds. The van der Waals surface area contributed by atoms with Crippen molar-refractivity contribution < 1.29 is 27.1 Å². The Morgan fingerprint density at radius 3 is 2.39 bits per heavy atom. The van der Waals surface area contributed by atoms with Gasteiger partial charge >= 0.3 is 12.1 Å². The number of carbonyl (C=O) groups excluding carboxylic acids is 1. The van der Waals surface area contributed by atoms with Gasteiger partial charge in [-0.3, -0.25) is 0 Å². The molecule has 2 aromatic carbocycles. The highest BCUT2D eigenvalue weighted by Crippen LogP contribution is 2.27. The quantitative estimate of drug-likeness (QED) is 0.381. The summed E-state index contributed by atoms with van der Waals surface area (Å²) in [7, 11) is 0. The van der Waals surface area contributed by atoms with Gasteiger partial charge in [0.1, 0.15) is 12.3 Å². The van der Waals surface area contributed by atoms with Crippen molar-refractivity contribution in [3.05, 3.63) is 101 Å². The van der Waals surface area contributed by atoms with Crippen LogP contribution in [0.5, 0.6) is 0 Å². The molecule has 3 rings (SSSR count). The molecule has 0 saturated heterocycles. The highest BCUT2D eigenvalue weighted by atomic mass is 35.5. The van der Waals surface area contributed by atoms with Gasteiger partial charge in [-0.05, 0) is 36.4 Å². The van der Waals surface area contributed by atoms with Crippen molar-refractivity contribution in [2.75, 3.05) is 0 Å². The van der Waals surface area contributed by atoms with Gasteiger partial charge in [-0.2, -0.15) is 13.2 Å². The molecule has 0 aliphatic carbocycles. The first kappa shape index (κ1) is 22.2. The molecule has 0 bridgehead atoms. The van der Waals surface area contributed by atoms with Crippen LogP contribution >= 0.6 is 11.6 Å². The predicted octanol–water partition coefficient (Wildman–Crippen LogP) is 5.82. The van der Waals surface area contributed by atoms with E-state index in [0.29, 0.717) is 11.1 Å². The minimum Gasteiger partial charge on any atom is -0.472 e. The zero-order chi connectivity index (χ0) is 22.4. The molecule has 1 heterocycles. The van der Waals surface area contributed by atoms with Crippen molar-refractivity contribution >= 4 is 29.0 Å². The number of hydrogen-bond donors (Lipinski definition) is 1. The summed E-state index contributed by atoms with van der Waals surface area (Å²) in [6.45, 7) is 0.0289. The maximum atomic E-state index is 13.0. The van der Waals surface area contributed by atoms with Crippen molar-refractivity contribution in [1.82, 2.24) is 0 Å². The number of allylic oxidation sites excluding steroid dienone is 2. The molecule has 9 heteroatoms. The molecule has 1 aromatic heterocycles. The highest BCUT2D eigenvalue weighted by Gasteiger charge is 2.31. The lowest BCUT2D eigenvalue weighted by Crippen LogP contribution is -2.21. The van der Waals surface area contributed by atoms with Crippen molar-refractivity contribution in [2.45, 2.75) is 12.8 Å². The Labute approximate surface area is 180 Å². The van der Waals surface area contributed by atoms with Crippen LogP contribution in [-0.2, 0) is 11.3 Å². The van der Waals surface area contributed by atoms with E-state index in [0.717, 1.165) is 6.08 Å². The molecule has 0 unspecified atom stereocenters. The molecule has 31 heavy (non-hydrogen) atoms. The van der Waals surface area contributed by atoms with Gasteiger partial charge in [0, 0.05) is 11.1 Å². The summed E-state index contributed by atoms with van der Waals surface area (Å²) in [6.07, 6.45) is -1.10. The number of nitrogens with zero attached hydrogens (tertiary/aromatic N) is 1. The number of benzene rings is 2. The third-order valence-electron chi connectivity index (χ3n) is 4.08. The average Bonchev–Trinajstić information content (AvgIpc) is 3.26. The molecule has 0 aliphatic rings. The van der Waals surface area contributed by atoms with E-state index in [1.54, 1.807) is 30.3 Å². The van der Waals surface area contributed by atoms with E-state index in [9.17, 15) is 18.0 Å². The molecule has 160 valence electrons.